The maximum absolute atomic E-state index is 13.3. The third kappa shape index (κ3) is 7.67. The molecule has 3 aromatic carbocycles. The molecule has 2 heterocycles. The van der Waals surface area contributed by atoms with E-state index in [1.807, 2.05) is 18.2 Å². The van der Waals surface area contributed by atoms with Gasteiger partial charge in [-0.1, -0.05) is 35.5 Å². The Labute approximate surface area is 248 Å². The maximum atomic E-state index is 13.3. The van der Waals surface area contributed by atoms with Crippen LogP contribution in [-0.4, -0.2) is 48.8 Å². The summed E-state index contributed by atoms with van der Waals surface area (Å²) < 4.78 is 52.7. The van der Waals surface area contributed by atoms with Gasteiger partial charge in [0, 0.05) is 42.9 Å². The lowest BCUT2D eigenvalue weighted by molar-refractivity contribution is 0.105. The maximum Gasteiger partial charge on any atom is 0.261 e. The minimum atomic E-state index is -3.84. The molecule has 0 aliphatic carbocycles. The molecule has 0 fully saturated rings. The number of hydrogen-bond donors (Lipinski definition) is 3. The molecule has 0 aliphatic rings. The van der Waals surface area contributed by atoms with Crippen LogP contribution in [0.2, 0.25) is 0 Å². The number of rotatable bonds is 13. The number of aromatic nitrogens is 3. The molecule has 5 rings (SSSR count). The van der Waals surface area contributed by atoms with Crippen molar-refractivity contribution in [2.24, 2.45) is 0 Å². The van der Waals surface area contributed by atoms with Crippen LogP contribution in [0.25, 0.3) is 11.4 Å². The third-order valence-electron chi connectivity index (χ3n) is 6.70. The van der Waals surface area contributed by atoms with Gasteiger partial charge < -0.3 is 19.7 Å². The number of sulfonamides is 1. The Morgan fingerprint density at radius 1 is 0.977 bits per heavy atom. The summed E-state index contributed by atoms with van der Waals surface area (Å²) >= 11 is 0. The quantitative estimate of drug-likeness (QED) is 0.164. The number of benzene rings is 3. The Hall–Kier alpha value is -4.49. The number of methoxy groups -OCH3 is 1. The molecule has 2 unspecified atom stereocenters. The normalized spacial score (nSPS) is 13.0. The molecule has 0 bridgehead atoms. The van der Waals surface area contributed by atoms with Crippen LogP contribution in [-0.2, 0) is 21.2 Å². The summed E-state index contributed by atoms with van der Waals surface area (Å²) in [6.07, 6.45) is 2.69. The fourth-order valence-corrected chi connectivity index (χ4v) is 5.43. The highest BCUT2D eigenvalue weighted by molar-refractivity contribution is 7.92. The first-order valence-electron chi connectivity index (χ1n) is 13.4. The fraction of sp³-hybridized carbons (Fsp3) is 0.194. The van der Waals surface area contributed by atoms with Gasteiger partial charge in [-0.3, -0.25) is 9.71 Å². The SMILES string of the molecule is COC(c1ccc(F)cc1)c1nc(-c2ccc(S(=O)(=O)Nc3ccc(CCNCC(O)c4cccnc4)cc3)cc2)no1. The highest BCUT2D eigenvalue weighted by atomic mass is 32.2. The first kappa shape index (κ1) is 30.0. The van der Waals surface area contributed by atoms with E-state index in [1.54, 1.807) is 54.9 Å². The number of hydrogen-bond acceptors (Lipinski definition) is 9. The van der Waals surface area contributed by atoms with E-state index in [2.05, 4.69) is 25.2 Å². The Kier molecular flexibility index (Phi) is 9.52. The fourth-order valence-electron chi connectivity index (χ4n) is 4.38. The second-order valence-electron chi connectivity index (χ2n) is 9.71. The highest BCUT2D eigenvalue weighted by Gasteiger charge is 2.22. The number of anilines is 1. The largest absolute Gasteiger partial charge is 0.387 e. The van der Waals surface area contributed by atoms with E-state index in [4.69, 9.17) is 9.26 Å². The second-order valence-corrected chi connectivity index (χ2v) is 11.4. The van der Waals surface area contributed by atoms with Crippen LogP contribution < -0.4 is 10.0 Å². The minimum absolute atomic E-state index is 0.0708. The molecule has 3 N–H and O–H groups in total. The summed E-state index contributed by atoms with van der Waals surface area (Å²) in [7, 11) is -2.36. The van der Waals surface area contributed by atoms with Gasteiger partial charge in [0.25, 0.3) is 15.9 Å². The number of pyridine rings is 1. The van der Waals surface area contributed by atoms with E-state index in [0.717, 1.165) is 11.1 Å². The number of aliphatic hydroxyl groups excluding tert-OH is 1. The van der Waals surface area contributed by atoms with Gasteiger partial charge >= 0.3 is 0 Å². The minimum Gasteiger partial charge on any atom is -0.387 e. The summed E-state index contributed by atoms with van der Waals surface area (Å²) in [4.78, 5) is 8.47. The van der Waals surface area contributed by atoms with Gasteiger partial charge in [0.15, 0.2) is 6.10 Å². The standard InChI is InChI=1S/C31H30FN5O5S/c1-41-29(22-6-10-25(32)11-7-22)31-35-30(36-42-31)23-8-14-27(15-9-23)43(39,40)37-26-12-4-21(5-13-26)16-18-34-20-28(38)24-3-2-17-33-19-24/h2-15,17,19,28-29,34,37-38H,16,18,20H2,1H3. The zero-order chi connectivity index (χ0) is 30.2. The first-order valence-corrected chi connectivity index (χ1v) is 14.9. The predicted molar refractivity (Wildman–Crippen MR) is 158 cm³/mol. The Balaban J connectivity index is 1.15. The lowest BCUT2D eigenvalue weighted by Crippen LogP contribution is -2.23. The Bertz CT molecular complexity index is 1720. The predicted octanol–water partition coefficient (Wildman–Crippen LogP) is 4.67. The molecule has 43 heavy (non-hydrogen) atoms. The molecule has 0 saturated carbocycles. The van der Waals surface area contributed by atoms with Gasteiger partial charge in [-0.25, -0.2) is 12.8 Å². The van der Waals surface area contributed by atoms with Crippen LogP contribution >= 0.6 is 0 Å². The monoisotopic (exact) mass is 603 g/mol. The average molecular weight is 604 g/mol. The Morgan fingerprint density at radius 3 is 2.40 bits per heavy atom. The van der Waals surface area contributed by atoms with Crippen molar-refractivity contribution in [3.63, 3.8) is 0 Å². The van der Waals surface area contributed by atoms with Crippen molar-refractivity contribution in [1.29, 1.82) is 0 Å². The number of aliphatic hydroxyl groups is 1. The van der Waals surface area contributed by atoms with Crippen LogP contribution in [0.4, 0.5) is 10.1 Å². The summed E-state index contributed by atoms with van der Waals surface area (Å²) in [6.45, 7) is 1.05. The summed E-state index contributed by atoms with van der Waals surface area (Å²) in [5, 5.41) is 17.4. The zero-order valence-corrected chi connectivity index (χ0v) is 24.0. The Morgan fingerprint density at radius 2 is 1.72 bits per heavy atom. The molecule has 0 saturated heterocycles. The van der Waals surface area contributed by atoms with E-state index in [9.17, 15) is 17.9 Å². The van der Waals surface area contributed by atoms with Crippen LogP contribution in [0.1, 0.15) is 34.8 Å². The summed E-state index contributed by atoms with van der Waals surface area (Å²) in [5.41, 5.74) is 3.40. The molecule has 12 heteroatoms. The van der Waals surface area contributed by atoms with Gasteiger partial charge in [-0.15, -0.1) is 0 Å². The number of nitrogens with one attached hydrogen (secondary N) is 2. The van der Waals surface area contributed by atoms with E-state index >= 15 is 0 Å². The summed E-state index contributed by atoms with van der Waals surface area (Å²) in [5.74, 6) is 0.0713. The van der Waals surface area contributed by atoms with Crippen LogP contribution in [0.5, 0.6) is 0 Å². The molecule has 222 valence electrons. The number of nitrogens with zero attached hydrogens (tertiary/aromatic N) is 3. The smallest absolute Gasteiger partial charge is 0.261 e. The van der Waals surface area contributed by atoms with Gasteiger partial charge in [0.05, 0.1) is 11.0 Å². The number of ether oxygens (including phenoxy) is 1. The molecule has 0 amide bonds. The lowest BCUT2D eigenvalue weighted by atomic mass is 10.1. The molecular weight excluding hydrogens is 573 g/mol. The van der Waals surface area contributed by atoms with Gasteiger partial charge in [-0.2, -0.15) is 4.98 Å². The third-order valence-corrected chi connectivity index (χ3v) is 8.10. The molecule has 10 nitrogen and oxygen atoms in total. The van der Waals surface area contributed by atoms with Crippen molar-refractivity contribution in [2.45, 2.75) is 23.5 Å². The van der Waals surface area contributed by atoms with Crippen molar-refractivity contribution in [1.82, 2.24) is 20.4 Å². The summed E-state index contributed by atoms with van der Waals surface area (Å²) in [6, 6.07) is 22.6. The average Bonchev–Trinajstić information content (AvgIpc) is 3.51. The molecule has 0 aliphatic heterocycles. The molecule has 0 radical (unpaired) electrons. The van der Waals surface area contributed by atoms with E-state index in [0.29, 0.717) is 36.3 Å². The molecule has 2 aromatic heterocycles. The van der Waals surface area contributed by atoms with Gasteiger partial charge in [0.1, 0.15) is 5.82 Å². The van der Waals surface area contributed by atoms with Crippen LogP contribution in [0.15, 0.2) is 107 Å². The van der Waals surface area contributed by atoms with Gasteiger partial charge in [0.2, 0.25) is 5.82 Å². The topological polar surface area (TPSA) is 139 Å². The van der Waals surface area contributed by atoms with E-state index in [1.165, 1.54) is 31.4 Å². The van der Waals surface area contributed by atoms with Crippen molar-refractivity contribution in [3.05, 3.63) is 126 Å². The van der Waals surface area contributed by atoms with E-state index in [-0.39, 0.29) is 22.4 Å². The lowest BCUT2D eigenvalue weighted by Gasteiger charge is -2.12. The van der Waals surface area contributed by atoms with Crippen molar-refractivity contribution >= 4 is 15.7 Å². The van der Waals surface area contributed by atoms with Crippen LogP contribution in [0, 0.1) is 5.82 Å². The highest BCUT2D eigenvalue weighted by Crippen LogP contribution is 2.27. The van der Waals surface area contributed by atoms with Crippen molar-refractivity contribution < 1.29 is 27.2 Å². The van der Waals surface area contributed by atoms with Crippen molar-refractivity contribution in [3.8, 4) is 11.4 Å². The molecule has 5 aromatic rings. The molecule has 0 spiro atoms. The first-order chi connectivity index (χ1) is 20.8. The molecular formula is C31H30FN5O5S. The van der Waals surface area contributed by atoms with Crippen molar-refractivity contribution in [2.75, 3.05) is 24.9 Å². The second kappa shape index (κ2) is 13.7. The number of halogens is 1. The van der Waals surface area contributed by atoms with E-state index < -0.39 is 22.2 Å². The van der Waals surface area contributed by atoms with Crippen LogP contribution in [0.3, 0.4) is 0 Å². The zero-order valence-electron chi connectivity index (χ0n) is 23.2. The molecule has 2 atom stereocenters. The van der Waals surface area contributed by atoms with Gasteiger partial charge in [-0.05, 0) is 78.7 Å².